The van der Waals surface area contributed by atoms with E-state index in [9.17, 15) is 4.79 Å². The summed E-state index contributed by atoms with van der Waals surface area (Å²) in [7, 11) is 1.69. The fourth-order valence-electron chi connectivity index (χ4n) is 3.23. The lowest BCUT2D eigenvalue weighted by Gasteiger charge is -2.41. The summed E-state index contributed by atoms with van der Waals surface area (Å²) in [6.07, 6.45) is 4.14. The van der Waals surface area contributed by atoms with E-state index in [1.54, 1.807) is 7.11 Å². The maximum atomic E-state index is 12.6. The standard InChI is InChI=1S/C16H23NO2/c1-19-12-6-11-16(13-7-3-2-4-8-13)14(17)9-5-10-15(16)18/h2-4,7-8,14H,5-6,9-12,17H2,1H3. The predicted molar refractivity (Wildman–Crippen MR) is 76.1 cm³/mol. The van der Waals surface area contributed by atoms with Gasteiger partial charge in [-0.2, -0.15) is 0 Å². The SMILES string of the molecule is COCCCC1(c2ccccc2)C(=O)CCCC1N. The van der Waals surface area contributed by atoms with Crippen molar-refractivity contribution in [3.63, 3.8) is 0 Å². The first-order valence-corrected chi connectivity index (χ1v) is 7.05. The van der Waals surface area contributed by atoms with Gasteiger partial charge in [0.2, 0.25) is 0 Å². The lowest BCUT2D eigenvalue weighted by molar-refractivity contribution is -0.127. The molecule has 104 valence electrons. The molecule has 0 amide bonds. The molecule has 19 heavy (non-hydrogen) atoms. The highest BCUT2D eigenvalue weighted by molar-refractivity contribution is 5.91. The molecule has 0 heterocycles. The van der Waals surface area contributed by atoms with Crippen molar-refractivity contribution in [1.82, 2.24) is 0 Å². The zero-order valence-electron chi connectivity index (χ0n) is 11.6. The van der Waals surface area contributed by atoms with Gasteiger partial charge in [-0.05, 0) is 31.2 Å². The van der Waals surface area contributed by atoms with E-state index in [4.69, 9.17) is 10.5 Å². The van der Waals surface area contributed by atoms with Crippen LogP contribution >= 0.6 is 0 Å². The number of hydrogen-bond donors (Lipinski definition) is 1. The van der Waals surface area contributed by atoms with E-state index < -0.39 is 5.41 Å². The van der Waals surface area contributed by atoms with Gasteiger partial charge in [0.25, 0.3) is 0 Å². The third kappa shape index (κ3) is 2.72. The Morgan fingerprint density at radius 1 is 1.37 bits per heavy atom. The van der Waals surface area contributed by atoms with E-state index >= 15 is 0 Å². The van der Waals surface area contributed by atoms with Gasteiger partial charge in [-0.1, -0.05) is 30.3 Å². The van der Waals surface area contributed by atoms with Gasteiger partial charge in [0.15, 0.2) is 0 Å². The number of rotatable bonds is 5. The van der Waals surface area contributed by atoms with Gasteiger partial charge < -0.3 is 10.5 Å². The fraction of sp³-hybridized carbons (Fsp3) is 0.562. The molecule has 2 N–H and O–H groups in total. The Hall–Kier alpha value is -1.19. The Morgan fingerprint density at radius 2 is 2.11 bits per heavy atom. The van der Waals surface area contributed by atoms with Crippen LogP contribution < -0.4 is 5.73 Å². The van der Waals surface area contributed by atoms with Crippen LogP contribution in [0.5, 0.6) is 0 Å². The molecule has 0 aliphatic heterocycles. The third-order valence-electron chi connectivity index (χ3n) is 4.26. The van der Waals surface area contributed by atoms with Gasteiger partial charge >= 0.3 is 0 Å². The summed E-state index contributed by atoms with van der Waals surface area (Å²) in [4.78, 5) is 12.6. The van der Waals surface area contributed by atoms with E-state index in [0.717, 1.165) is 31.2 Å². The molecule has 3 heteroatoms. The van der Waals surface area contributed by atoms with Crippen molar-refractivity contribution in [2.24, 2.45) is 5.73 Å². The second-order valence-electron chi connectivity index (χ2n) is 5.36. The minimum Gasteiger partial charge on any atom is -0.385 e. The molecule has 3 nitrogen and oxygen atoms in total. The van der Waals surface area contributed by atoms with Crippen LogP contribution in [0.3, 0.4) is 0 Å². The number of nitrogens with two attached hydrogens (primary N) is 1. The zero-order chi connectivity index (χ0) is 13.7. The number of ether oxygens (including phenoxy) is 1. The minimum absolute atomic E-state index is 0.0759. The summed E-state index contributed by atoms with van der Waals surface area (Å²) in [6, 6.07) is 9.95. The van der Waals surface area contributed by atoms with Crippen LogP contribution in [0.15, 0.2) is 30.3 Å². The van der Waals surface area contributed by atoms with Crippen molar-refractivity contribution in [3.05, 3.63) is 35.9 Å². The average Bonchev–Trinajstić information content (AvgIpc) is 2.43. The lowest BCUT2D eigenvalue weighted by Crippen LogP contribution is -2.54. The predicted octanol–water partition coefficient (Wildman–Crippen LogP) is 2.43. The second-order valence-corrected chi connectivity index (χ2v) is 5.36. The maximum Gasteiger partial charge on any atom is 0.144 e. The molecule has 1 aromatic rings. The molecule has 1 fully saturated rings. The molecule has 0 bridgehead atoms. The van der Waals surface area contributed by atoms with Crippen molar-refractivity contribution in [2.75, 3.05) is 13.7 Å². The fourth-order valence-corrected chi connectivity index (χ4v) is 3.23. The number of carbonyl (C=O) groups is 1. The molecule has 1 aromatic carbocycles. The summed E-state index contributed by atoms with van der Waals surface area (Å²) in [5, 5.41) is 0. The third-order valence-corrected chi connectivity index (χ3v) is 4.26. The minimum atomic E-state index is -0.502. The van der Waals surface area contributed by atoms with Crippen molar-refractivity contribution in [1.29, 1.82) is 0 Å². The largest absolute Gasteiger partial charge is 0.385 e. The molecule has 2 rings (SSSR count). The molecule has 0 radical (unpaired) electrons. The van der Waals surface area contributed by atoms with Crippen LogP contribution in [-0.2, 0) is 14.9 Å². The van der Waals surface area contributed by atoms with Crippen LogP contribution in [0.2, 0.25) is 0 Å². The molecular formula is C16H23NO2. The number of methoxy groups -OCH3 is 1. The number of ketones is 1. The van der Waals surface area contributed by atoms with Gasteiger partial charge in [-0.15, -0.1) is 0 Å². The van der Waals surface area contributed by atoms with E-state index in [0.29, 0.717) is 18.8 Å². The first-order chi connectivity index (χ1) is 9.21. The number of Topliss-reactive ketones (excluding diaryl/α,β-unsaturated/α-hetero) is 1. The van der Waals surface area contributed by atoms with E-state index in [1.165, 1.54) is 0 Å². The topological polar surface area (TPSA) is 52.3 Å². The highest BCUT2D eigenvalue weighted by Crippen LogP contribution is 2.39. The van der Waals surface area contributed by atoms with Crippen LogP contribution in [0.25, 0.3) is 0 Å². The van der Waals surface area contributed by atoms with Crippen molar-refractivity contribution < 1.29 is 9.53 Å². The number of benzene rings is 1. The lowest BCUT2D eigenvalue weighted by atomic mass is 9.63. The average molecular weight is 261 g/mol. The Kier molecular flexibility index (Phi) is 4.72. The van der Waals surface area contributed by atoms with Crippen molar-refractivity contribution >= 4 is 5.78 Å². The summed E-state index contributed by atoms with van der Waals surface area (Å²) in [6.45, 7) is 0.675. The van der Waals surface area contributed by atoms with Gasteiger partial charge in [0.05, 0.1) is 5.41 Å². The normalized spacial score (nSPS) is 27.5. The zero-order valence-corrected chi connectivity index (χ0v) is 11.6. The summed E-state index contributed by atoms with van der Waals surface area (Å²) < 4.78 is 5.13. The summed E-state index contributed by atoms with van der Waals surface area (Å²) in [5.41, 5.74) is 6.93. The van der Waals surface area contributed by atoms with Gasteiger partial charge in [-0.3, -0.25) is 4.79 Å². The highest BCUT2D eigenvalue weighted by Gasteiger charge is 2.46. The quantitative estimate of drug-likeness (QED) is 0.828. The smallest absolute Gasteiger partial charge is 0.144 e. The Morgan fingerprint density at radius 3 is 2.74 bits per heavy atom. The van der Waals surface area contributed by atoms with Crippen LogP contribution in [0, 0.1) is 0 Å². The number of hydrogen-bond acceptors (Lipinski definition) is 3. The molecule has 1 saturated carbocycles. The van der Waals surface area contributed by atoms with E-state index in [1.807, 2.05) is 30.3 Å². The van der Waals surface area contributed by atoms with Crippen LogP contribution in [0.1, 0.15) is 37.7 Å². The first kappa shape index (κ1) is 14.2. The Balaban J connectivity index is 2.33. The van der Waals surface area contributed by atoms with Crippen LogP contribution in [0.4, 0.5) is 0 Å². The number of carbonyl (C=O) groups excluding carboxylic acids is 1. The first-order valence-electron chi connectivity index (χ1n) is 7.05. The van der Waals surface area contributed by atoms with E-state index in [-0.39, 0.29) is 6.04 Å². The molecule has 2 unspecified atom stereocenters. The van der Waals surface area contributed by atoms with Crippen LogP contribution in [-0.4, -0.2) is 25.5 Å². The summed E-state index contributed by atoms with van der Waals surface area (Å²) in [5.74, 6) is 0.300. The Bertz CT molecular complexity index is 418. The Labute approximate surface area is 115 Å². The molecule has 1 aliphatic carbocycles. The molecule has 0 aromatic heterocycles. The maximum absolute atomic E-state index is 12.6. The monoisotopic (exact) mass is 261 g/mol. The highest BCUT2D eigenvalue weighted by atomic mass is 16.5. The molecule has 0 saturated heterocycles. The second kappa shape index (κ2) is 6.31. The van der Waals surface area contributed by atoms with Gasteiger partial charge in [0.1, 0.15) is 5.78 Å². The van der Waals surface area contributed by atoms with Crippen molar-refractivity contribution in [2.45, 2.75) is 43.6 Å². The molecular weight excluding hydrogens is 238 g/mol. The van der Waals surface area contributed by atoms with Gasteiger partial charge in [0, 0.05) is 26.2 Å². The molecule has 2 atom stereocenters. The van der Waals surface area contributed by atoms with Crippen molar-refractivity contribution in [3.8, 4) is 0 Å². The molecule has 1 aliphatic rings. The molecule has 0 spiro atoms. The summed E-state index contributed by atoms with van der Waals surface area (Å²) >= 11 is 0. The van der Waals surface area contributed by atoms with Gasteiger partial charge in [-0.25, -0.2) is 0 Å². The van der Waals surface area contributed by atoms with E-state index in [2.05, 4.69) is 0 Å².